The van der Waals surface area contributed by atoms with Gasteiger partial charge in [-0.05, 0) is 48.3 Å². The molecule has 24 heavy (non-hydrogen) atoms. The number of benzene rings is 2. The summed E-state index contributed by atoms with van der Waals surface area (Å²) in [6.07, 6.45) is 3.22. The molecule has 0 amide bonds. The number of phenolic OH excluding ortho intramolecular Hbond substituents is 1. The number of nitrogens with zero attached hydrogens (tertiary/aromatic N) is 1. The van der Waals surface area contributed by atoms with Crippen molar-refractivity contribution < 1.29 is 5.11 Å². The fraction of sp³-hybridized carbons (Fsp3) is 0.350. The van der Waals surface area contributed by atoms with Gasteiger partial charge in [0.1, 0.15) is 5.75 Å². The molecule has 2 rings (SSSR count). The van der Waals surface area contributed by atoms with Crippen molar-refractivity contribution >= 4 is 17.3 Å². The molecule has 128 valence electrons. The van der Waals surface area contributed by atoms with Gasteiger partial charge in [0.15, 0.2) is 5.11 Å². The van der Waals surface area contributed by atoms with Crippen molar-refractivity contribution in [2.45, 2.75) is 32.7 Å². The smallest absolute Gasteiger partial charge is 0.169 e. The first-order valence-electron chi connectivity index (χ1n) is 8.53. The standard InChI is InChI=1S/C20H26N2OS/c1-2-3-14-21-20(24)22(15-13-17-7-5-4-6-8-17)16-18-9-11-19(23)12-10-18/h4-12,23H,2-3,13-16H2,1H3,(H,21,24). The highest BCUT2D eigenvalue weighted by Gasteiger charge is 2.10. The molecule has 0 saturated carbocycles. The Hall–Kier alpha value is -2.07. The van der Waals surface area contributed by atoms with Crippen LogP contribution in [0.2, 0.25) is 0 Å². The van der Waals surface area contributed by atoms with Crippen molar-refractivity contribution in [2.75, 3.05) is 13.1 Å². The zero-order chi connectivity index (χ0) is 17.2. The molecule has 2 aromatic carbocycles. The summed E-state index contributed by atoms with van der Waals surface area (Å²) in [5.41, 5.74) is 2.45. The van der Waals surface area contributed by atoms with Gasteiger partial charge in [0.25, 0.3) is 0 Å². The first kappa shape index (κ1) is 18.3. The molecule has 0 aliphatic heterocycles. The summed E-state index contributed by atoms with van der Waals surface area (Å²) in [6.45, 7) is 4.69. The Labute approximate surface area is 150 Å². The van der Waals surface area contributed by atoms with Crippen molar-refractivity contribution in [1.82, 2.24) is 10.2 Å². The van der Waals surface area contributed by atoms with Crippen LogP contribution in [-0.2, 0) is 13.0 Å². The predicted molar refractivity (Wildman–Crippen MR) is 104 cm³/mol. The fourth-order valence-electron chi connectivity index (χ4n) is 2.47. The molecular weight excluding hydrogens is 316 g/mol. The second-order valence-electron chi connectivity index (χ2n) is 5.91. The molecule has 0 aliphatic carbocycles. The molecule has 0 bridgehead atoms. The van der Waals surface area contributed by atoms with Gasteiger partial charge < -0.3 is 15.3 Å². The van der Waals surface area contributed by atoms with E-state index < -0.39 is 0 Å². The zero-order valence-electron chi connectivity index (χ0n) is 14.2. The SMILES string of the molecule is CCCCNC(=S)N(CCc1ccccc1)Cc1ccc(O)cc1. The molecule has 3 nitrogen and oxygen atoms in total. The van der Waals surface area contributed by atoms with E-state index in [2.05, 4.69) is 41.4 Å². The number of rotatable bonds is 8. The van der Waals surface area contributed by atoms with Gasteiger partial charge in [0.2, 0.25) is 0 Å². The second-order valence-corrected chi connectivity index (χ2v) is 6.30. The largest absolute Gasteiger partial charge is 0.508 e. The minimum Gasteiger partial charge on any atom is -0.508 e. The lowest BCUT2D eigenvalue weighted by Crippen LogP contribution is -2.40. The molecule has 4 heteroatoms. The van der Waals surface area contributed by atoms with E-state index in [4.69, 9.17) is 12.2 Å². The van der Waals surface area contributed by atoms with Gasteiger partial charge in [-0.2, -0.15) is 0 Å². The van der Waals surface area contributed by atoms with Crippen LogP contribution >= 0.6 is 12.2 Å². The van der Waals surface area contributed by atoms with Gasteiger partial charge in [0, 0.05) is 19.6 Å². The molecule has 0 fully saturated rings. The van der Waals surface area contributed by atoms with Crippen molar-refractivity contribution in [3.63, 3.8) is 0 Å². The maximum atomic E-state index is 9.44. The number of aromatic hydroxyl groups is 1. The minimum absolute atomic E-state index is 0.290. The number of nitrogens with one attached hydrogen (secondary N) is 1. The lowest BCUT2D eigenvalue weighted by Gasteiger charge is -2.26. The highest BCUT2D eigenvalue weighted by molar-refractivity contribution is 7.80. The van der Waals surface area contributed by atoms with Crippen molar-refractivity contribution in [3.8, 4) is 5.75 Å². The summed E-state index contributed by atoms with van der Waals surface area (Å²) in [4.78, 5) is 2.20. The van der Waals surface area contributed by atoms with E-state index in [1.165, 1.54) is 5.56 Å². The first-order valence-corrected chi connectivity index (χ1v) is 8.94. The Morgan fingerprint density at radius 3 is 2.42 bits per heavy atom. The van der Waals surface area contributed by atoms with Crippen molar-refractivity contribution in [2.24, 2.45) is 0 Å². The van der Waals surface area contributed by atoms with Crippen LogP contribution in [0.25, 0.3) is 0 Å². The highest BCUT2D eigenvalue weighted by Crippen LogP contribution is 2.13. The predicted octanol–water partition coefficient (Wildman–Crippen LogP) is 4.11. The Morgan fingerprint density at radius 1 is 1.04 bits per heavy atom. The fourth-order valence-corrected chi connectivity index (χ4v) is 2.72. The van der Waals surface area contributed by atoms with Crippen LogP contribution in [0, 0.1) is 0 Å². The second kappa shape index (κ2) is 9.93. The van der Waals surface area contributed by atoms with E-state index in [1.807, 2.05) is 18.2 Å². The lowest BCUT2D eigenvalue weighted by molar-refractivity contribution is 0.408. The Morgan fingerprint density at radius 2 is 1.75 bits per heavy atom. The monoisotopic (exact) mass is 342 g/mol. The molecule has 0 aliphatic rings. The molecule has 0 saturated heterocycles. The topological polar surface area (TPSA) is 35.5 Å². The molecule has 2 N–H and O–H groups in total. The van der Waals surface area contributed by atoms with E-state index in [0.29, 0.717) is 5.75 Å². The molecule has 0 heterocycles. The molecule has 0 unspecified atom stereocenters. The van der Waals surface area contributed by atoms with Gasteiger partial charge in [-0.1, -0.05) is 55.8 Å². The van der Waals surface area contributed by atoms with Crippen LogP contribution in [0.3, 0.4) is 0 Å². The number of hydrogen-bond donors (Lipinski definition) is 2. The summed E-state index contributed by atoms with van der Waals surface area (Å²) in [5.74, 6) is 0.290. The van der Waals surface area contributed by atoms with Crippen LogP contribution in [0.5, 0.6) is 5.75 Å². The highest BCUT2D eigenvalue weighted by atomic mass is 32.1. The van der Waals surface area contributed by atoms with Gasteiger partial charge in [0.05, 0.1) is 0 Å². The van der Waals surface area contributed by atoms with Crippen LogP contribution in [-0.4, -0.2) is 28.2 Å². The molecule has 0 spiro atoms. The van der Waals surface area contributed by atoms with Gasteiger partial charge in [-0.25, -0.2) is 0 Å². The van der Waals surface area contributed by atoms with Crippen LogP contribution < -0.4 is 5.32 Å². The Kier molecular flexibility index (Phi) is 7.56. The van der Waals surface area contributed by atoms with E-state index in [-0.39, 0.29) is 0 Å². The van der Waals surface area contributed by atoms with Crippen molar-refractivity contribution in [3.05, 3.63) is 65.7 Å². The summed E-state index contributed by atoms with van der Waals surface area (Å²) < 4.78 is 0. The number of phenols is 1. The lowest BCUT2D eigenvalue weighted by atomic mass is 10.1. The summed E-state index contributed by atoms with van der Waals surface area (Å²) in [6, 6.07) is 17.8. The third kappa shape index (κ3) is 6.20. The third-order valence-corrected chi connectivity index (χ3v) is 4.32. The summed E-state index contributed by atoms with van der Waals surface area (Å²) in [5, 5.41) is 13.6. The molecule has 0 radical (unpaired) electrons. The minimum atomic E-state index is 0.290. The van der Waals surface area contributed by atoms with Crippen LogP contribution in [0.15, 0.2) is 54.6 Å². The first-order chi connectivity index (χ1) is 11.7. The molecule has 0 atom stereocenters. The average Bonchev–Trinajstić information content (AvgIpc) is 2.61. The Bertz CT molecular complexity index is 613. The average molecular weight is 343 g/mol. The van der Waals surface area contributed by atoms with E-state index in [0.717, 1.165) is 49.6 Å². The number of thiocarbonyl (C=S) groups is 1. The van der Waals surface area contributed by atoms with Gasteiger partial charge in [-0.3, -0.25) is 0 Å². The summed E-state index contributed by atoms with van der Waals surface area (Å²) >= 11 is 5.59. The number of hydrogen-bond acceptors (Lipinski definition) is 2. The van der Waals surface area contributed by atoms with Gasteiger partial charge in [-0.15, -0.1) is 0 Å². The van der Waals surface area contributed by atoms with Crippen LogP contribution in [0.4, 0.5) is 0 Å². The normalized spacial score (nSPS) is 10.4. The summed E-state index contributed by atoms with van der Waals surface area (Å²) in [7, 11) is 0. The molecule has 2 aromatic rings. The molecular formula is C20H26N2OS. The quantitative estimate of drug-likeness (QED) is 0.559. The number of unbranched alkanes of at least 4 members (excludes halogenated alkanes) is 1. The van der Waals surface area contributed by atoms with Crippen LogP contribution in [0.1, 0.15) is 30.9 Å². The third-order valence-electron chi connectivity index (χ3n) is 3.92. The van der Waals surface area contributed by atoms with E-state index in [9.17, 15) is 5.11 Å². The maximum Gasteiger partial charge on any atom is 0.169 e. The maximum absolute atomic E-state index is 9.44. The van der Waals surface area contributed by atoms with E-state index >= 15 is 0 Å². The van der Waals surface area contributed by atoms with E-state index in [1.54, 1.807) is 12.1 Å². The van der Waals surface area contributed by atoms with Crippen molar-refractivity contribution in [1.29, 1.82) is 0 Å². The zero-order valence-corrected chi connectivity index (χ0v) is 15.1. The molecule has 0 aromatic heterocycles. The Balaban J connectivity index is 1.99. The van der Waals surface area contributed by atoms with Gasteiger partial charge >= 0.3 is 0 Å².